The molecule has 3 rings (SSSR count). The van der Waals surface area contributed by atoms with Crippen LogP contribution in [0.3, 0.4) is 0 Å². The number of fused-ring (bicyclic) bond motifs is 3. The fourth-order valence-electron chi connectivity index (χ4n) is 3.75. The van der Waals surface area contributed by atoms with Crippen molar-refractivity contribution in [3.05, 3.63) is 76.2 Å². The molecule has 148 valence electrons. The van der Waals surface area contributed by atoms with E-state index >= 15 is 0 Å². The molecule has 1 aliphatic heterocycles. The van der Waals surface area contributed by atoms with Gasteiger partial charge in [-0.1, -0.05) is 41.5 Å². The topological polar surface area (TPSA) is 36.2 Å². The van der Waals surface area contributed by atoms with Crippen LogP contribution in [0.25, 0.3) is 10.9 Å². The lowest BCUT2D eigenvalue weighted by atomic mass is 9.90. The fourth-order valence-corrected chi connectivity index (χ4v) is 3.75. The Morgan fingerprint density at radius 3 is 2.75 bits per heavy atom. The molecule has 0 radical (unpaired) electrons. The predicted molar refractivity (Wildman–Crippen MR) is 117 cm³/mol. The van der Waals surface area contributed by atoms with Crippen molar-refractivity contribution in [2.24, 2.45) is 0 Å². The zero-order valence-electron chi connectivity index (χ0n) is 17.7. The van der Waals surface area contributed by atoms with Crippen LogP contribution in [-0.2, 0) is 6.42 Å². The van der Waals surface area contributed by atoms with Crippen molar-refractivity contribution in [2.45, 2.75) is 65.9 Å². The quantitative estimate of drug-likeness (QED) is 0.273. The molecular weight excluding hydrogens is 346 g/mol. The number of nitrogens with zero attached hydrogens (tertiary/aromatic N) is 1. The van der Waals surface area contributed by atoms with Gasteiger partial charge in [0.2, 0.25) is 5.52 Å². The van der Waals surface area contributed by atoms with Gasteiger partial charge in [-0.2, -0.15) is 4.73 Å². The number of pyridine rings is 1. The van der Waals surface area contributed by atoms with Crippen molar-refractivity contribution >= 4 is 10.9 Å². The molecule has 1 aliphatic rings. The summed E-state index contributed by atoms with van der Waals surface area (Å²) >= 11 is 0. The number of benzene rings is 1. The van der Waals surface area contributed by atoms with Gasteiger partial charge in [0.05, 0.1) is 10.9 Å². The second-order valence-electron chi connectivity index (χ2n) is 8.31. The number of para-hydroxylation sites is 1. The van der Waals surface area contributed by atoms with Crippen molar-refractivity contribution in [2.75, 3.05) is 0 Å². The average Bonchev–Trinajstić information content (AvgIpc) is 2.65. The molecule has 0 saturated heterocycles. The number of aromatic nitrogens is 1. The number of hydrogen-bond donors (Lipinski definition) is 0. The summed E-state index contributed by atoms with van der Waals surface area (Å²) in [4.78, 5) is 0. The first-order valence-corrected chi connectivity index (χ1v) is 10.1. The van der Waals surface area contributed by atoms with Gasteiger partial charge in [-0.3, -0.25) is 0 Å². The van der Waals surface area contributed by atoms with Crippen molar-refractivity contribution < 1.29 is 9.47 Å². The lowest BCUT2D eigenvalue weighted by Crippen LogP contribution is -2.39. The number of ether oxygens (including phenoxy) is 1. The molecule has 0 bridgehead atoms. The van der Waals surface area contributed by atoms with Crippen molar-refractivity contribution in [1.29, 1.82) is 0 Å². The van der Waals surface area contributed by atoms with Gasteiger partial charge in [-0.25, -0.2) is 0 Å². The third-order valence-electron chi connectivity index (χ3n) is 5.51. The summed E-state index contributed by atoms with van der Waals surface area (Å²) in [5, 5.41) is 13.5. The summed E-state index contributed by atoms with van der Waals surface area (Å²) < 4.78 is 7.52. The summed E-state index contributed by atoms with van der Waals surface area (Å²) in [5.74, 6) is 0.864. The van der Waals surface area contributed by atoms with Crippen LogP contribution in [0.1, 0.15) is 58.2 Å². The molecule has 0 amide bonds. The lowest BCUT2D eigenvalue weighted by Gasteiger charge is -2.34. The molecule has 1 aromatic carbocycles. The summed E-state index contributed by atoms with van der Waals surface area (Å²) in [6.07, 6.45) is 12.6. The lowest BCUT2D eigenvalue weighted by molar-refractivity contribution is -0.584. The molecule has 2 heterocycles. The van der Waals surface area contributed by atoms with E-state index in [-0.39, 0.29) is 5.60 Å². The smallest absolute Gasteiger partial charge is 0.227 e. The summed E-state index contributed by atoms with van der Waals surface area (Å²) in [6.45, 7) is 10.5. The predicted octanol–water partition coefficient (Wildman–Crippen LogP) is 6.11. The Morgan fingerprint density at radius 1 is 1.25 bits per heavy atom. The van der Waals surface area contributed by atoms with Gasteiger partial charge in [0.1, 0.15) is 11.4 Å². The van der Waals surface area contributed by atoms with Gasteiger partial charge in [0.15, 0.2) is 5.69 Å². The highest BCUT2D eigenvalue weighted by Crippen LogP contribution is 2.39. The third kappa shape index (κ3) is 4.30. The van der Waals surface area contributed by atoms with Gasteiger partial charge in [-0.15, -0.1) is 0 Å². The van der Waals surface area contributed by atoms with Gasteiger partial charge in [0, 0.05) is 13.0 Å². The van der Waals surface area contributed by atoms with Crippen molar-refractivity contribution in [3.63, 3.8) is 0 Å². The van der Waals surface area contributed by atoms with Gasteiger partial charge < -0.3 is 9.94 Å². The molecule has 2 aromatic rings. The van der Waals surface area contributed by atoms with E-state index in [0.717, 1.165) is 52.8 Å². The van der Waals surface area contributed by atoms with Crippen LogP contribution in [0.2, 0.25) is 0 Å². The van der Waals surface area contributed by atoms with Crippen LogP contribution in [0, 0.1) is 12.1 Å². The average molecular weight is 378 g/mol. The number of rotatable bonds is 5. The molecule has 0 saturated carbocycles. The standard InChI is InChI=1S/C25H31NO2/c1-18(2)10-8-11-19(3)12-9-16-25(5)17-15-21-20(4)26(27)23-14-7-6-13-22(23)24(21)28-25/h6-7,9-10,12-14,16H,8,11,15,17H2,1-5H3/b16-9+,19-12+/t25-/m1/s1. The first-order valence-electron chi connectivity index (χ1n) is 10.1. The van der Waals surface area contributed by atoms with Crippen LogP contribution in [-0.4, -0.2) is 5.60 Å². The highest BCUT2D eigenvalue weighted by atomic mass is 16.5. The minimum atomic E-state index is -0.367. The SMILES string of the molecule is CC(C)=CCC/C(C)=C/C=C/[C@]1(C)CCc2c(c3ccccc3[n+]([O-])c2C)O1. The van der Waals surface area contributed by atoms with Gasteiger partial charge in [-0.05, 0) is 65.5 Å². The Kier molecular flexibility index (Phi) is 5.93. The number of allylic oxidation sites excluding steroid dienone is 5. The van der Waals surface area contributed by atoms with Crippen LogP contribution >= 0.6 is 0 Å². The van der Waals surface area contributed by atoms with E-state index in [2.05, 4.69) is 52.0 Å². The normalized spacial score (nSPS) is 19.5. The van der Waals surface area contributed by atoms with E-state index in [1.165, 1.54) is 11.1 Å². The first-order chi connectivity index (χ1) is 13.3. The summed E-state index contributed by atoms with van der Waals surface area (Å²) in [7, 11) is 0. The molecule has 0 spiro atoms. The maximum absolute atomic E-state index is 12.6. The Bertz CT molecular complexity index is 964. The molecule has 0 N–H and O–H groups in total. The van der Waals surface area contributed by atoms with Crippen molar-refractivity contribution in [3.8, 4) is 5.75 Å². The largest absolute Gasteiger partial charge is 0.618 e. The zero-order chi connectivity index (χ0) is 20.3. The minimum Gasteiger partial charge on any atom is -0.618 e. The fraction of sp³-hybridized carbons (Fsp3) is 0.400. The second-order valence-corrected chi connectivity index (χ2v) is 8.31. The Morgan fingerprint density at radius 2 is 2.00 bits per heavy atom. The zero-order valence-corrected chi connectivity index (χ0v) is 17.7. The van der Waals surface area contributed by atoms with E-state index in [4.69, 9.17) is 4.74 Å². The monoisotopic (exact) mass is 377 g/mol. The second kappa shape index (κ2) is 8.22. The molecule has 1 atom stereocenters. The maximum atomic E-state index is 12.6. The maximum Gasteiger partial charge on any atom is 0.227 e. The molecule has 3 nitrogen and oxygen atoms in total. The molecule has 3 heteroatoms. The molecular formula is C25H31NO2. The minimum absolute atomic E-state index is 0.367. The molecule has 0 unspecified atom stereocenters. The number of hydrogen-bond acceptors (Lipinski definition) is 2. The summed E-state index contributed by atoms with van der Waals surface area (Å²) in [6, 6.07) is 7.69. The first kappa shape index (κ1) is 20.2. The Hall–Kier alpha value is -2.55. The van der Waals surface area contributed by atoms with E-state index in [0.29, 0.717) is 5.52 Å². The Labute approximate surface area is 168 Å². The highest BCUT2D eigenvalue weighted by molar-refractivity contribution is 5.84. The molecule has 0 aliphatic carbocycles. The Balaban J connectivity index is 1.83. The van der Waals surface area contributed by atoms with Crippen LogP contribution < -0.4 is 9.47 Å². The van der Waals surface area contributed by atoms with E-state index in [1.54, 1.807) is 0 Å². The third-order valence-corrected chi connectivity index (χ3v) is 5.51. The van der Waals surface area contributed by atoms with E-state index < -0.39 is 0 Å². The molecule has 28 heavy (non-hydrogen) atoms. The van der Waals surface area contributed by atoms with Gasteiger partial charge >= 0.3 is 0 Å². The van der Waals surface area contributed by atoms with E-state index in [1.807, 2.05) is 31.2 Å². The van der Waals surface area contributed by atoms with Crippen LogP contribution in [0.15, 0.2) is 59.7 Å². The van der Waals surface area contributed by atoms with Crippen LogP contribution in [0.5, 0.6) is 5.75 Å². The highest BCUT2D eigenvalue weighted by Gasteiger charge is 2.34. The molecule has 0 fully saturated rings. The van der Waals surface area contributed by atoms with Crippen molar-refractivity contribution in [1.82, 2.24) is 0 Å². The molecule has 1 aromatic heterocycles. The van der Waals surface area contributed by atoms with Crippen LogP contribution in [0.4, 0.5) is 0 Å². The van der Waals surface area contributed by atoms with E-state index in [9.17, 15) is 5.21 Å². The van der Waals surface area contributed by atoms with Gasteiger partial charge in [0.25, 0.3) is 0 Å². The summed E-state index contributed by atoms with van der Waals surface area (Å²) in [5.41, 5.74) is 4.81.